The molecule has 2 aromatic carbocycles. The molecule has 162 valence electrons. The highest BCUT2D eigenvalue weighted by Crippen LogP contribution is 2.27. The number of benzene rings is 2. The molecule has 2 rings (SSSR count). The first-order valence-corrected chi connectivity index (χ1v) is 9.75. The van der Waals surface area contributed by atoms with Crippen molar-refractivity contribution in [2.24, 2.45) is 11.1 Å². The summed E-state index contributed by atoms with van der Waals surface area (Å²) in [6, 6.07) is 13.4. The van der Waals surface area contributed by atoms with Gasteiger partial charge >= 0.3 is 12.0 Å². The number of hydrogen-bond donors (Lipinski definition) is 2. The topological polar surface area (TPSA) is 102 Å². The molecule has 0 spiro atoms. The zero-order valence-corrected chi connectivity index (χ0v) is 17.9. The number of carbonyl (C=O) groups excluding carboxylic acids is 2. The Morgan fingerprint density at radius 3 is 2.33 bits per heavy atom. The zero-order valence-electron chi connectivity index (χ0n) is 17.9. The fourth-order valence-electron chi connectivity index (χ4n) is 2.94. The van der Waals surface area contributed by atoms with Crippen LogP contribution in [0.5, 0.6) is 11.5 Å². The highest BCUT2D eigenvalue weighted by Gasteiger charge is 2.28. The molecular weight excluding hydrogens is 384 g/mol. The van der Waals surface area contributed by atoms with Crippen LogP contribution >= 0.6 is 0 Å². The van der Waals surface area contributed by atoms with Gasteiger partial charge in [-0.3, -0.25) is 4.79 Å². The molecule has 2 amide bonds. The van der Waals surface area contributed by atoms with Crippen LogP contribution in [0.1, 0.15) is 31.9 Å². The molecule has 7 heteroatoms. The predicted octanol–water partition coefficient (Wildman–Crippen LogP) is 3.48. The molecule has 0 aliphatic carbocycles. The van der Waals surface area contributed by atoms with E-state index in [9.17, 15) is 14.7 Å². The number of urea groups is 1. The molecule has 0 aromatic heterocycles. The second-order valence-corrected chi connectivity index (χ2v) is 8.16. The summed E-state index contributed by atoms with van der Waals surface area (Å²) in [4.78, 5) is 26.1. The van der Waals surface area contributed by atoms with Gasteiger partial charge in [0.1, 0.15) is 6.61 Å². The van der Waals surface area contributed by atoms with Crippen LogP contribution in [-0.2, 0) is 22.5 Å². The van der Waals surface area contributed by atoms with Crippen molar-refractivity contribution in [3.63, 3.8) is 0 Å². The van der Waals surface area contributed by atoms with Gasteiger partial charge in [-0.1, -0.05) is 36.4 Å². The van der Waals surface area contributed by atoms with Gasteiger partial charge in [-0.05, 0) is 50.5 Å². The Balaban J connectivity index is 2.28. The molecule has 0 bridgehead atoms. The van der Waals surface area contributed by atoms with E-state index in [1.807, 2.05) is 30.3 Å². The van der Waals surface area contributed by atoms with Crippen LogP contribution < -0.4 is 10.5 Å². The van der Waals surface area contributed by atoms with Crippen molar-refractivity contribution in [2.75, 3.05) is 13.7 Å². The summed E-state index contributed by atoms with van der Waals surface area (Å²) in [5.74, 6) is -0.0428. The Labute approximate surface area is 177 Å². The van der Waals surface area contributed by atoms with Crippen LogP contribution in [0.4, 0.5) is 4.79 Å². The summed E-state index contributed by atoms with van der Waals surface area (Å²) >= 11 is 0. The first-order valence-electron chi connectivity index (χ1n) is 9.75. The fourth-order valence-corrected chi connectivity index (χ4v) is 2.94. The summed E-state index contributed by atoms with van der Waals surface area (Å²) in [5, 5.41) is 9.82. The lowest BCUT2D eigenvalue weighted by atomic mass is 9.97. The number of ether oxygens (including phenoxy) is 2. The van der Waals surface area contributed by atoms with Crippen LogP contribution in [0.15, 0.2) is 48.5 Å². The minimum absolute atomic E-state index is 0.00631. The van der Waals surface area contributed by atoms with E-state index in [0.717, 1.165) is 11.1 Å². The van der Waals surface area contributed by atoms with Gasteiger partial charge in [-0.15, -0.1) is 0 Å². The first-order chi connectivity index (χ1) is 14.1. The first kappa shape index (κ1) is 23.1. The van der Waals surface area contributed by atoms with Crippen LogP contribution in [0.3, 0.4) is 0 Å². The van der Waals surface area contributed by atoms with Gasteiger partial charge in [-0.2, -0.15) is 0 Å². The summed E-state index contributed by atoms with van der Waals surface area (Å²) in [6.45, 7) is 5.52. The highest BCUT2D eigenvalue weighted by atomic mass is 16.5. The molecule has 1 atom stereocenters. The van der Waals surface area contributed by atoms with E-state index in [1.54, 1.807) is 32.9 Å². The van der Waals surface area contributed by atoms with Gasteiger partial charge in [0.25, 0.3) is 0 Å². The lowest BCUT2D eigenvalue weighted by Crippen LogP contribution is -2.47. The minimum Gasteiger partial charge on any atom is -0.504 e. The molecule has 2 aromatic rings. The monoisotopic (exact) mass is 414 g/mol. The number of nitrogens with two attached hydrogens (primary N) is 1. The summed E-state index contributed by atoms with van der Waals surface area (Å²) in [7, 11) is 1.45. The van der Waals surface area contributed by atoms with Crippen molar-refractivity contribution in [3.8, 4) is 11.5 Å². The quantitative estimate of drug-likeness (QED) is 0.644. The molecule has 3 N–H and O–H groups in total. The van der Waals surface area contributed by atoms with Crippen molar-refractivity contribution in [3.05, 3.63) is 59.7 Å². The second-order valence-electron chi connectivity index (χ2n) is 8.16. The Bertz CT molecular complexity index is 862. The standard InChI is InChI=1S/C23H30N2O5/c1-23(2,3)21(27)30-15-18(12-16-8-6-5-7-9-16)25(22(24)28)14-17-10-11-19(26)20(13-17)29-4/h5-11,13,18,26H,12,14-15H2,1-4H3,(H2,24,28)/t18-/m0/s1. The Morgan fingerprint density at radius 1 is 1.10 bits per heavy atom. The maximum atomic E-state index is 12.3. The number of phenols is 1. The highest BCUT2D eigenvalue weighted by molar-refractivity contribution is 5.75. The molecule has 7 nitrogen and oxygen atoms in total. The molecule has 0 unspecified atom stereocenters. The van der Waals surface area contributed by atoms with Crippen LogP contribution in [0.2, 0.25) is 0 Å². The average Bonchev–Trinajstić information content (AvgIpc) is 2.70. The van der Waals surface area contributed by atoms with Gasteiger partial charge in [0.2, 0.25) is 0 Å². The predicted molar refractivity (Wildman–Crippen MR) is 114 cm³/mol. The number of phenolic OH excluding ortho intramolecular Hbond substituents is 1. The SMILES string of the molecule is COc1cc(CN(C(N)=O)[C@H](COC(=O)C(C)(C)C)Cc2ccccc2)ccc1O. The number of rotatable bonds is 8. The maximum Gasteiger partial charge on any atom is 0.315 e. The summed E-state index contributed by atoms with van der Waals surface area (Å²) in [6.07, 6.45) is 0.469. The second kappa shape index (κ2) is 10.0. The van der Waals surface area contributed by atoms with Crippen molar-refractivity contribution in [2.45, 2.75) is 39.8 Å². The van der Waals surface area contributed by atoms with Crippen molar-refractivity contribution < 1.29 is 24.2 Å². The van der Waals surface area contributed by atoms with E-state index in [-0.39, 0.29) is 24.9 Å². The summed E-state index contributed by atoms with van der Waals surface area (Å²) in [5.41, 5.74) is 6.76. The fraction of sp³-hybridized carbons (Fsp3) is 0.391. The maximum absolute atomic E-state index is 12.3. The van der Waals surface area contributed by atoms with Crippen molar-refractivity contribution in [1.82, 2.24) is 4.90 Å². The van der Waals surface area contributed by atoms with Gasteiger partial charge in [0, 0.05) is 6.54 Å². The van der Waals surface area contributed by atoms with Crippen molar-refractivity contribution in [1.29, 1.82) is 0 Å². The molecule has 0 heterocycles. The van der Waals surface area contributed by atoms with Gasteiger partial charge in [0.05, 0.1) is 18.6 Å². The number of amides is 2. The average molecular weight is 415 g/mol. The van der Waals surface area contributed by atoms with Gasteiger partial charge in [-0.25, -0.2) is 4.79 Å². The van der Waals surface area contributed by atoms with Crippen LogP contribution in [0.25, 0.3) is 0 Å². The van der Waals surface area contributed by atoms with E-state index in [1.165, 1.54) is 18.1 Å². The van der Waals surface area contributed by atoms with Gasteiger partial charge < -0.3 is 25.2 Å². The zero-order chi connectivity index (χ0) is 22.3. The van der Waals surface area contributed by atoms with E-state index in [4.69, 9.17) is 15.2 Å². The lowest BCUT2D eigenvalue weighted by Gasteiger charge is -2.31. The van der Waals surface area contributed by atoms with E-state index in [0.29, 0.717) is 12.2 Å². The Morgan fingerprint density at radius 2 is 1.77 bits per heavy atom. The third-order valence-corrected chi connectivity index (χ3v) is 4.65. The molecule has 0 saturated carbocycles. The molecular formula is C23H30N2O5. The molecule has 0 aliphatic heterocycles. The lowest BCUT2D eigenvalue weighted by molar-refractivity contribution is -0.154. The number of aromatic hydroxyl groups is 1. The molecule has 30 heavy (non-hydrogen) atoms. The molecule has 0 aliphatic rings. The number of nitrogens with zero attached hydrogens (tertiary/aromatic N) is 1. The number of primary amides is 1. The van der Waals surface area contributed by atoms with Crippen LogP contribution in [-0.4, -0.2) is 41.8 Å². The Hall–Kier alpha value is -3.22. The molecule has 0 fully saturated rings. The van der Waals surface area contributed by atoms with Crippen molar-refractivity contribution >= 4 is 12.0 Å². The normalized spacial score (nSPS) is 12.1. The Kier molecular flexibility index (Phi) is 7.69. The smallest absolute Gasteiger partial charge is 0.315 e. The minimum atomic E-state index is -0.654. The third kappa shape index (κ3) is 6.40. The van der Waals surface area contributed by atoms with Crippen LogP contribution in [0, 0.1) is 5.41 Å². The largest absolute Gasteiger partial charge is 0.504 e. The number of hydrogen-bond acceptors (Lipinski definition) is 5. The molecule has 0 radical (unpaired) electrons. The van der Waals surface area contributed by atoms with E-state index >= 15 is 0 Å². The number of esters is 1. The summed E-state index contributed by atoms with van der Waals surface area (Å²) < 4.78 is 10.7. The third-order valence-electron chi connectivity index (χ3n) is 4.65. The van der Waals surface area contributed by atoms with E-state index < -0.39 is 17.5 Å². The van der Waals surface area contributed by atoms with Gasteiger partial charge in [0.15, 0.2) is 11.5 Å². The number of methoxy groups -OCH3 is 1. The molecule has 0 saturated heterocycles. The number of carbonyl (C=O) groups is 2. The van der Waals surface area contributed by atoms with E-state index in [2.05, 4.69) is 0 Å².